The molecule has 9 nitrogen and oxygen atoms in total. The predicted molar refractivity (Wildman–Crippen MR) is 341 cm³/mol. The van der Waals surface area contributed by atoms with Crippen molar-refractivity contribution in [1.29, 1.82) is 0 Å². The molecule has 452 valence electrons. The second kappa shape index (κ2) is 57.6. The van der Waals surface area contributed by atoms with Crippen molar-refractivity contribution >= 4 is 19.7 Å². The van der Waals surface area contributed by atoms with Crippen molar-refractivity contribution in [2.24, 2.45) is 0 Å². The topological polar surface area (TPSA) is 111 Å². The number of nitrogens with one attached hydrogen (secondary N) is 1. The van der Waals surface area contributed by atoms with Gasteiger partial charge in [-0.3, -0.25) is 18.6 Å². The third-order valence-electron chi connectivity index (χ3n) is 13.4. The molecule has 0 spiro atoms. The molecule has 0 aliphatic carbocycles. The molecule has 0 aromatic carbocycles. The van der Waals surface area contributed by atoms with Crippen LogP contribution in [0.4, 0.5) is 0 Å². The van der Waals surface area contributed by atoms with Gasteiger partial charge < -0.3 is 19.4 Å². The molecule has 0 saturated heterocycles. The van der Waals surface area contributed by atoms with Crippen LogP contribution in [0.3, 0.4) is 0 Å². The summed E-state index contributed by atoms with van der Waals surface area (Å²) in [6.07, 6.45) is 80.6. The molecule has 10 heteroatoms. The zero-order chi connectivity index (χ0) is 57.9. The molecule has 0 saturated carbocycles. The average molecular weight is 1120 g/mol. The Bertz CT molecular complexity index is 1770. The maximum absolute atomic E-state index is 13.5. The number of phosphoric ester groups is 1. The van der Waals surface area contributed by atoms with E-state index in [-0.39, 0.29) is 37.9 Å². The number of ether oxygens (including phenoxy) is 1. The molecule has 3 atom stereocenters. The number of hydrogen-bond acceptors (Lipinski definition) is 6. The first-order valence-corrected chi connectivity index (χ1v) is 33.4. The van der Waals surface area contributed by atoms with E-state index in [9.17, 15) is 19.0 Å². The zero-order valence-corrected chi connectivity index (χ0v) is 52.5. The van der Waals surface area contributed by atoms with Gasteiger partial charge in [0.15, 0.2) is 0 Å². The molecule has 1 amide bonds. The minimum absolute atomic E-state index is 0.0249. The van der Waals surface area contributed by atoms with Gasteiger partial charge in [-0.25, -0.2) is 4.57 Å². The lowest BCUT2D eigenvalue weighted by Crippen LogP contribution is -2.47. The number of rotatable bonds is 56. The third kappa shape index (κ3) is 58.9. The summed E-state index contributed by atoms with van der Waals surface area (Å²) in [5.41, 5.74) is 0. The van der Waals surface area contributed by atoms with E-state index in [4.69, 9.17) is 13.8 Å². The molecule has 0 radical (unpaired) electrons. The van der Waals surface area contributed by atoms with Gasteiger partial charge in [0, 0.05) is 12.8 Å². The molecule has 0 heterocycles. The van der Waals surface area contributed by atoms with Gasteiger partial charge in [0.2, 0.25) is 5.91 Å². The van der Waals surface area contributed by atoms with E-state index >= 15 is 0 Å². The van der Waals surface area contributed by atoms with Gasteiger partial charge in [-0.2, -0.15) is 0 Å². The highest BCUT2D eigenvalue weighted by Gasteiger charge is 2.30. The highest BCUT2D eigenvalue weighted by molar-refractivity contribution is 7.47. The van der Waals surface area contributed by atoms with Gasteiger partial charge in [0.25, 0.3) is 0 Å². The van der Waals surface area contributed by atoms with Gasteiger partial charge in [0.05, 0.1) is 33.8 Å². The summed E-state index contributed by atoms with van der Waals surface area (Å²) < 4.78 is 30.7. The van der Waals surface area contributed by atoms with Crippen LogP contribution >= 0.6 is 7.82 Å². The number of likely N-dealkylation sites (N-methyl/N-ethyl adjacent to an activating group) is 1. The number of amides is 1. The Morgan fingerprint density at radius 1 is 0.456 bits per heavy atom. The number of carbonyl (C=O) groups is 2. The van der Waals surface area contributed by atoms with Crippen LogP contribution < -0.4 is 5.32 Å². The number of esters is 1. The number of quaternary nitrogens is 1. The lowest BCUT2D eigenvalue weighted by molar-refractivity contribution is -0.870. The van der Waals surface area contributed by atoms with Gasteiger partial charge in [0.1, 0.15) is 19.3 Å². The van der Waals surface area contributed by atoms with Crippen LogP contribution in [-0.2, 0) is 27.9 Å². The Morgan fingerprint density at radius 2 is 0.810 bits per heavy atom. The Hall–Kier alpha value is -3.59. The van der Waals surface area contributed by atoms with Gasteiger partial charge in [-0.05, 0) is 122 Å². The third-order valence-corrected chi connectivity index (χ3v) is 14.4. The molecule has 0 aliphatic heterocycles. The first-order chi connectivity index (χ1) is 38.4. The summed E-state index contributed by atoms with van der Waals surface area (Å²) in [7, 11) is 1.45. The standard InChI is InChI=1S/C69H119N2O7P/c1-7-10-13-16-19-22-25-27-29-31-33-34-35-36-38-40-42-44-47-50-53-56-59-62-69(73)78-67(60-57-54-51-48-45-24-21-18-15-12-9-3)66(65-77-79(74,75)76-64-63-71(4,5)6)70-68(72)61-58-55-52-49-46-43-41-39-37-32-30-28-26-23-20-17-14-11-8-2/h11,14,19-20,22-23,27-30,33-34,36-39,43,46,57,60,66-67H,7-10,12-13,15-18,21,24-26,31-32,35,40-42,44-45,47-56,58-59,61-65H2,1-6H3,(H-,70,72,74,75)/p+1/b14-11-,22-19-,23-20-,29-27-,30-28-,34-33-,38-36-,39-37-,46-43-,60-57+. The summed E-state index contributed by atoms with van der Waals surface area (Å²) in [4.78, 5) is 37.7. The molecule has 0 bridgehead atoms. The summed E-state index contributed by atoms with van der Waals surface area (Å²) in [6.45, 7) is 6.82. The van der Waals surface area contributed by atoms with Crippen molar-refractivity contribution in [3.05, 3.63) is 122 Å². The van der Waals surface area contributed by atoms with Gasteiger partial charge >= 0.3 is 13.8 Å². The molecule has 0 rings (SSSR count). The van der Waals surface area contributed by atoms with E-state index in [0.717, 1.165) is 122 Å². The number of nitrogens with zero attached hydrogens (tertiary/aromatic N) is 1. The molecule has 0 aromatic rings. The predicted octanol–water partition coefficient (Wildman–Crippen LogP) is 19.9. The van der Waals surface area contributed by atoms with Crippen molar-refractivity contribution in [3.8, 4) is 0 Å². The fraction of sp³-hybridized carbons (Fsp3) is 0.681. The van der Waals surface area contributed by atoms with Crippen LogP contribution in [0.15, 0.2) is 122 Å². The normalized spacial score (nSPS) is 14.5. The van der Waals surface area contributed by atoms with Crippen LogP contribution in [0.5, 0.6) is 0 Å². The van der Waals surface area contributed by atoms with Crippen molar-refractivity contribution in [2.75, 3.05) is 40.9 Å². The van der Waals surface area contributed by atoms with Crippen molar-refractivity contribution in [2.45, 2.75) is 264 Å². The smallest absolute Gasteiger partial charge is 0.456 e. The monoisotopic (exact) mass is 1120 g/mol. The minimum atomic E-state index is -4.47. The summed E-state index contributed by atoms with van der Waals surface area (Å²) in [6, 6.07) is -0.879. The number of carbonyl (C=O) groups excluding carboxylic acids is 2. The molecule has 0 aromatic heterocycles. The lowest BCUT2D eigenvalue weighted by Gasteiger charge is -2.27. The second-order valence-electron chi connectivity index (χ2n) is 22.2. The van der Waals surface area contributed by atoms with Crippen LogP contribution in [0.2, 0.25) is 0 Å². The highest BCUT2D eigenvalue weighted by Crippen LogP contribution is 2.43. The molecular weight excluding hydrogens is 1000 g/mol. The number of unbranched alkanes of at least 4 members (excludes halogenated alkanes) is 22. The first kappa shape index (κ1) is 75.4. The maximum Gasteiger partial charge on any atom is 0.472 e. The van der Waals surface area contributed by atoms with Crippen molar-refractivity contribution in [1.82, 2.24) is 5.32 Å². The van der Waals surface area contributed by atoms with E-state index in [1.807, 2.05) is 33.3 Å². The van der Waals surface area contributed by atoms with Crippen LogP contribution in [0, 0.1) is 0 Å². The quantitative estimate of drug-likeness (QED) is 0.0205. The Labute approximate surface area is 486 Å². The highest BCUT2D eigenvalue weighted by atomic mass is 31.2. The number of hydrogen-bond donors (Lipinski definition) is 2. The minimum Gasteiger partial charge on any atom is -0.456 e. The molecule has 2 N–H and O–H groups in total. The zero-order valence-electron chi connectivity index (χ0n) is 51.6. The molecule has 79 heavy (non-hydrogen) atoms. The summed E-state index contributed by atoms with van der Waals surface area (Å²) >= 11 is 0. The van der Waals surface area contributed by atoms with E-state index < -0.39 is 20.0 Å². The van der Waals surface area contributed by atoms with Gasteiger partial charge in [-0.15, -0.1) is 0 Å². The molecule has 0 aliphatic rings. The Kier molecular flexibility index (Phi) is 55.0. The van der Waals surface area contributed by atoms with E-state index in [2.05, 4.69) is 135 Å². The summed E-state index contributed by atoms with van der Waals surface area (Å²) in [5.74, 6) is -0.563. The van der Waals surface area contributed by atoms with Crippen LogP contribution in [0.25, 0.3) is 0 Å². The van der Waals surface area contributed by atoms with E-state index in [1.54, 1.807) is 0 Å². The fourth-order valence-electron chi connectivity index (χ4n) is 8.48. The molecule has 3 unspecified atom stereocenters. The average Bonchev–Trinajstić information content (AvgIpc) is 3.41. The van der Waals surface area contributed by atoms with Crippen LogP contribution in [-0.4, -0.2) is 74.3 Å². The molecule has 0 fully saturated rings. The molecular formula is C69H120N2O7P+. The first-order valence-electron chi connectivity index (χ1n) is 31.9. The summed E-state index contributed by atoms with van der Waals surface area (Å²) in [5, 5.41) is 3.03. The van der Waals surface area contributed by atoms with Crippen molar-refractivity contribution < 1.29 is 37.3 Å². The van der Waals surface area contributed by atoms with Gasteiger partial charge in [-0.1, -0.05) is 239 Å². The van der Waals surface area contributed by atoms with Crippen molar-refractivity contribution in [3.63, 3.8) is 0 Å². The Balaban J connectivity index is 5.27. The fourth-order valence-corrected chi connectivity index (χ4v) is 9.21. The lowest BCUT2D eigenvalue weighted by atomic mass is 10.1. The maximum atomic E-state index is 13.5. The largest absolute Gasteiger partial charge is 0.472 e. The Morgan fingerprint density at radius 3 is 1.25 bits per heavy atom. The second-order valence-corrected chi connectivity index (χ2v) is 23.6. The van der Waals surface area contributed by atoms with E-state index in [1.165, 1.54) is 89.9 Å². The SMILES string of the molecule is CC/C=C\C/C=C\C/C=C\C/C=C\C/C=C\CCCCCC(=O)NC(COP(=O)(O)OCC[N+](C)(C)C)C(/C=C/CCCCCCCCCCC)OC(=O)CCCCCCCCC/C=C\C/C=C\C/C=C\C/C=C\CCCCC. The van der Waals surface area contributed by atoms with E-state index in [0.29, 0.717) is 17.4 Å². The number of allylic oxidation sites excluding steroid dienone is 19. The van der Waals surface area contributed by atoms with Crippen LogP contribution in [0.1, 0.15) is 252 Å². The number of phosphoric acid groups is 1.